The first-order valence-electron chi connectivity index (χ1n) is 8.29. The van der Waals surface area contributed by atoms with Crippen molar-refractivity contribution in [2.75, 3.05) is 6.61 Å². The van der Waals surface area contributed by atoms with E-state index in [0.29, 0.717) is 21.6 Å². The van der Waals surface area contributed by atoms with Gasteiger partial charge in [-0.1, -0.05) is 60.4 Å². The lowest BCUT2D eigenvalue weighted by molar-refractivity contribution is -0.123. The van der Waals surface area contributed by atoms with Gasteiger partial charge in [0.1, 0.15) is 4.32 Å². The molecule has 3 rings (SSSR count). The summed E-state index contributed by atoms with van der Waals surface area (Å²) < 4.78 is 5.94. The number of hydrogen-bond acceptors (Lipinski definition) is 5. The zero-order chi connectivity index (χ0) is 18.7. The average molecular weight is 386 g/mol. The van der Waals surface area contributed by atoms with E-state index in [0.717, 1.165) is 11.1 Å². The molecule has 6 heteroatoms. The summed E-state index contributed by atoms with van der Waals surface area (Å²) in [6, 6.07) is 14.7. The SMILES string of the molecule is CCOc1cc(C=C2SC(=S)N(C(C)c3ccccc3)C2=O)ccc1O. The van der Waals surface area contributed by atoms with Gasteiger partial charge >= 0.3 is 0 Å². The topological polar surface area (TPSA) is 49.8 Å². The lowest BCUT2D eigenvalue weighted by Gasteiger charge is -2.23. The number of nitrogens with zero attached hydrogens (tertiary/aromatic N) is 1. The van der Waals surface area contributed by atoms with Crippen LogP contribution in [-0.4, -0.2) is 26.8 Å². The molecule has 0 radical (unpaired) electrons. The largest absolute Gasteiger partial charge is 0.504 e. The molecule has 0 aliphatic carbocycles. The highest BCUT2D eigenvalue weighted by Gasteiger charge is 2.35. The lowest BCUT2D eigenvalue weighted by Crippen LogP contribution is -2.30. The fourth-order valence-corrected chi connectivity index (χ4v) is 4.16. The fraction of sp³-hybridized carbons (Fsp3) is 0.200. The molecule has 1 heterocycles. The minimum atomic E-state index is -0.131. The van der Waals surface area contributed by atoms with Gasteiger partial charge in [0.25, 0.3) is 5.91 Å². The van der Waals surface area contributed by atoms with Crippen molar-refractivity contribution in [2.24, 2.45) is 0 Å². The maximum atomic E-state index is 12.9. The van der Waals surface area contributed by atoms with Crippen molar-refractivity contribution in [3.63, 3.8) is 0 Å². The van der Waals surface area contributed by atoms with Crippen LogP contribution in [0.15, 0.2) is 53.4 Å². The number of amides is 1. The van der Waals surface area contributed by atoms with Crippen molar-refractivity contribution < 1.29 is 14.6 Å². The highest BCUT2D eigenvalue weighted by Crippen LogP contribution is 2.38. The maximum absolute atomic E-state index is 12.9. The number of phenols is 1. The van der Waals surface area contributed by atoms with Gasteiger partial charge < -0.3 is 9.84 Å². The molecule has 2 aromatic carbocycles. The predicted molar refractivity (Wildman–Crippen MR) is 109 cm³/mol. The van der Waals surface area contributed by atoms with E-state index in [1.807, 2.05) is 44.2 Å². The molecule has 4 nitrogen and oxygen atoms in total. The van der Waals surface area contributed by atoms with E-state index in [9.17, 15) is 9.90 Å². The number of rotatable bonds is 5. The van der Waals surface area contributed by atoms with Crippen LogP contribution in [0, 0.1) is 0 Å². The van der Waals surface area contributed by atoms with Crippen molar-refractivity contribution in [1.82, 2.24) is 4.90 Å². The van der Waals surface area contributed by atoms with E-state index in [-0.39, 0.29) is 17.7 Å². The van der Waals surface area contributed by atoms with Crippen molar-refractivity contribution in [3.05, 3.63) is 64.6 Å². The number of benzene rings is 2. The number of ether oxygens (including phenoxy) is 1. The summed E-state index contributed by atoms with van der Waals surface area (Å²) in [4.78, 5) is 15.1. The van der Waals surface area contributed by atoms with Crippen LogP contribution in [0.4, 0.5) is 0 Å². The summed E-state index contributed by atoms with van der Waals surface area (Å²) in [5.74, 6) is 0.367. The third-order valence-electron chi connectivity index (χ3n) is 4.07. The standard InChI is InChI=1S/C20H19NO3S2/c1-3-24-17-11-14(9-10-16(17)22)12-18-19(23)21(20(25)26-18)13(2)15-7-5-4-6-8-15/h4-13,22H,3H2,1-2H3. The molecule has 134 valence electrons. The number of aromatic hydroxyl groups is 1. The van der Waals surface area contributed by atoms with Gasteiger partial charge in [-0.15, -0.1) is 0 Å². The fourth-order valence-electron chi connectivity index (χ4n) is 2.74. The van der Waals surface area contributed by atoms with Crippen LogP contribution in [-0.2, 0) is 4.79 Å². The highest BCUT2D eigenvalue weighted by molar-refractivity contribution is 8.26. The molecule has 0 bridgehead atoms. The third-order valence-corrected chi connectivity index (χ3v) is 5.40. The van der Waals surface area contributed by atoms with Crippen molar-refractivity contribution in [1.29, 1.82) is 0 Å². The van der Waals surface area contributed by atoms with Gasteiger partial charge in [0.05, 0.1) is 17.6 Å². The van der Waals surface area contributed by atoms with Gasteiger partial charge in [0.2, 0.25) is 0 Å². The van der Waals surface area contributed by atoms with E-state index >= 15 is 0 Å². The highest BCUT2D eigenvalue weighted by atomic mass is 32.2. The third kappa shape index (κ3) is 3.76. The Balaban J connectivity index is 1.87. The van der Waals surface area contributed by atoms with Gasteiger partial charge in [0, 0.05) is 0 Å². The quantitative estimate of drug-likeness (QED) is 0.594. The molecule has 1 saturated heterocycles. The zero-order valence-corrected chi connectivity index (χ0v) is 16.1. The lowest BCUT2D eigenvalue weighted by atomic mass is 10.1. The number of carbonyl (C=O) groups is 1. The molecular weight excluding hydrogens is 366 g/mol. The van der Waals surface area contributed by atoms with E-state index in [1.165, 1.54) is 11.8 Å². The van der Waals surface area contributed by atoms with Gasteiger partial charge in [0.15, 0.2) is 11.5 Å². The number of carbonyl (C=O) groups excluding carboxylic acids is 1. The average Bonchev–Trinajstić information content (AvgIpc) is 2.92. The van der Waals surface area contributed by atoms with Crippen LogP contribution < -0.4 is 4.74 Å². The smallest absolute Gasteiger partial charge is 0.266 e. The van der Waals surface area contributed by atoms with Gasteiger partial charge in [-0.2, -0.15) is 0 Å². The Morgan fingerprint density at radius 2 is 2.00 bits per heavy atom. The van der Waals surface area contributed by atoms with Crippen molar-refractivity contribution in [3.8, 4) is 11.5 Å². The Kier molecular flexibility index (Phi) is 5.64. The van der Waals surface area contributed by atoms with Crippen LogP contribution in [0.2, 0.25) is 0 Å². The Morgan fingerprint density at radius 3 is 2.69 bits per heavy atom. The van der Waals surface area contributed by atoms with E-state index < -0.39 is 0 Å². The summed E-state index contributed by atoms with van der Waals surface area (Å²) >= 11 is 6.73. The molecule has 1 aliphatic rings. The summed E-state index contributed by atoms with van der Waals surface area (Å²) in [7, 11) is 0. The molecule has 1 fully saturated rings. The van der Waals surface area contributed by atoms with E-state index in [4.69, 9.17) is 17.0 Å². The first kappa shape index (κ1) is 18.5. The normalized spacial score (nSPS) is 17.0. The maximum Gasteiger partial charge on any atom is 0.266 e. The van der Waals surface area contributed by atoms with Gasteiger partial charge in [-0.25, -0.2) is 0 Å². The van der Waals surface area contributed by atoms with Crippen LogP contribution in [0.25, 0.3) is 6.08 Å². The Morgan fingerprint density at radius 1 is 1.27 bits per heavy atom. The predicted octanol–water partition coefficient (Wildman–Crippen LogP) is 4.75. The molecule has 1 unspecified atom stereocenters. The summed E-state index contributed by atoms with van der Waals surface area (Å²) in [5.41, 5.74) is 1.81. The minimum absolute atomic E-state index is 0.0780. The first-order valence-corrected chi connectivity index (χ1v) is 9.51. The molecule has 0 aromatic heterocycles. The van der Waals surface area contributed by atoms with E-state index in [2.05, 4.69) is 0 Å². The number of hydrogen-bond donors (Lipinski definition) is 1. The minimum Gasteiger partial charge on any atom is -0.504 e. The van der Waals surface area contributed by atoms with Crippen LogP contribution in [0.3, 0.4) is 0 Å². The zero-order valence-electron chi connectivity index (χ0n) is 14.5. The monoisotopic (exact) mass is 385 g/mol. The Labute approximate surface area is 162 Å². The summed E-state index contributed by atoms with van der Waals surface area (Å²) in [6.07, 6.45) is 1.78. The van der Waals surface area contributed by atoms with Crippen LogP contribution in [0.5, 0.6) is 11.5 Å². The summed E-state index contributed by atoms with van der Waals surface area (Å²) in [6.45, 7) is 4.27. The summed E-state index contributed by atoms with van der Waals surface area (Å²) in [5, 5.41) is 9.82. The van der Waals surface area contributed by atoms with Crippen LogP contribution >= 0.6 is 24.0 Å². The van der Waals surface area contributed by atoms with Crippen molar-refractivity contribution >= 4 is 40.3 Å². The number of thioether (sulfide) groups is 1. The molecule has 1 N–H and O–H groups in total. The molecular formula is C20H19NO3S2. The molecule has 1 amide bonds. The van der Waals surface area contributed by atoms with Crippen molar-refractivity contribution in [2.45, 2.75) is 19.9 Å². The molecule has 0 saturated carbocycles. The molecule has 2 aromatic rings. The second-order valence-electron chi connectivity index (χ2n) is 5.80. The second-order valence-corrected chi connectivity index (χ2v) is 7.47. The molecule has 1 aliphatic heterocycles. The molecule has 1 atom stereocenters. The second kappa shape index (κ2) is 7.93. The van der Waals surface area contributed by atoms with Crippen LogP contribution in [0.1, 0.15) is 31.0 Å². The molecule has 26 heavy (non-hydrogen) atoms. The van der Waals surface area contributed by atoms with Gasteiger partial charge in [-0.05, 0) is 43.2 Å². The molecule has 0 spiro atoms. The van der Waals surface area contributed by atoms with E-state index in [1.54, 1.807) is 29.2 Å². The van der Waals surface area contributed by atoms with Gasteiger partial charge in [-0.3, -0.25) is 9.69 Å². The number of phenolic OH excluding ortho intramolecular Hbond substituents is 1. The Hall–Kier alpha value is -2.31. The first-order chi connectivity index (χ1) is 12.5. The number of thiocarbonyl (C=S) groups is 1. The Bertz CT molecular complexity index is 865.